The molecule has 2 N–H and O–H groups in total. The number of nitrogens with zero attached hydrogens (tertiary/aromatic N) is 2. The quantitative estimate of drug-likeness (QED) is 0.464. The number of aliphatic imine (C=N–C) groups is 1. The van der Waals surface area contributed by atoms with Crippen molar-refractivity contribution in [1.82, 2.24) is 15.5 Å². The Morgan fingerprint density at radius 2 is 2.32 bits per heavy atom. The molecule has 2 rings (SSSR count). The number of nitrogens with one attached hydrogen (secondary N) is 2. The van der Waals surface area contributed by atoms with Crippen LogP contribution in [-0.2, 0) is 4.79 Å². The van der Waals surface area contributed by atoms with Crippen LogP contribution < -0.4 is 10.6 Å². The van der Waals surface area contributed by atoms with Crippen molar-refractivity contribution in [2.45, 2.75) is 57.9 Å². The molecule has 22 heavy (non-hydrogen) atoms. The Balaban J connectivity index is 1.69. The van der Waals surface area contributed by atoms with Crippen LogP contribution in [0.4, 0.5) is 0 Å². The summed E-state index contributed by atoms with van der Waals surface area (Å²) in [7, 11) is 1.80. The van der Waals surface area contributed by atoms with Gasteiger partial charge in [-0.2, -0.15) is 0 Å². The number of carbonyl (C=O) groups excluding carboxylic acids is 1. The van der Waals surface area contributed by atoms with E-state index in [0.29, 0.717) is 12.5 Å². The molecule has 124 valence electrons. The zero-order chi connectivity index (χ0) is 15.8. The Morgan fingerprint density at radius 3 is 3.00 bits per heavy atom. The second-order valence-corrected chi connectivity index (χ2v) is 6.18. The SMILES string of the molecule is CCC(=O)N1CCC(NC(=NC)NCCC2=CCCCC2)C1. The largest absolute Gasteiger partial charge is 0.356 e. The molecule has 5 heteroatoms. The van der Waals surface area contributed by atoms with Gasteiger partial charge in [-0.1, -0.05) is 18.6 Å². The van der Waals surface area contributed by atoms with E-state index >= 15 is 0 Å². The van der Waals surface area contributed by atoms with Crippen molar-refractivity contribution < 1.29 is 4.79 Å². The fraction of sp³-hybridized carbons (Fsp3) is 0.765. The topological polar surface area (TPSA) is 56.7 Å². The highest BCUT2D eigenvalue weighted by Crippen LogP contribution is 2.19. The molecule has 1 aliphatic carbocycles. The van der Waals surface area contributed by atoms with Crippen LogP contribution in [0.2, 0.25) is 0 Å². The highest BCUT2D eigenvalue weighted by molar-refractivity contribution is 5.80. The van der Waals surface area contributed by atoms with E-state index < -0.39 is 0 Å². The van der Waals surface area contributed by atoms with Gasteiger partial charge in [-0.15, -0.1) is 0 Å². The highest BCUT2D eigenvalue weighted by atomic mass is 16.2. The minimum atomic E-state index is 0.247. The summed E-state index contributed by atoms with van der Waals surface area (Å²) in [6, 6.07) is 0.315. The number of guanidine groups is 1. The number of amides is 1. The van der Waals surface area contributed by atoms with Gasteiger partial charge in [0, 0.05) is 39.1 Å². The molecule has 1 unspecified atom stereocenters. The molecule has 2 aliphatic rings. The zero-order valence-corrected chi connectivity index (χ0v) is 14.0. The van der Waals surface area contributed by atoms with E-state index in [-0.39, 0.29) is 5.91 Å². The fourth-order valence-corrected chi connectivity index (χ4v) is 3.19. The summed E-state index contributed by atoms with van der Waals surface area (Å²) in [6.07, 6.45) is 10.3. The lowest BCUT2D eigenvalue weighted by Crippen LogP contribution is -2.45. The van der Waals surface area contributed by atoms with Gasteiger partial charge in [-0.3, -0.25) is 9.79 Å². The number of hydrogen-bond acceptors (Lipinski definition) is 2. The summed E-state index contributed by atoms with van der Waals surface area (Å²) >= 11 is 0. The zero-order valence-electron chi connectivity index (χ0n) is 14.0. The first kappa shape index (κ1) is 16.8. The maximum absolute atomic E-state index is 11.7. The Bertz CT molecular complexity index is 430. The lowest BCUT2D eigenvalue weighted by Gasteiger charge is -2.19. The molecule has 5 nitrogen and oxygen atoms in total. The number of carbonyl (C=O) groups is 1. The van der Waals surface area contributed by atoms with Crippen molar-refractivity contribution in [2.24, 2.45) is 4.99 Å². The Kier molecular flexibility index (Phi) is 6.74. The molecular formula is C17H30N4O. The van der Waals surface area contributed by atoms with Crippen LogP contribution in [0.25, 0.3) is 0 Å². The first-order chi connectivity index (χ1) is 10.7. The third-order valence-electron chi connectivity index (χ3n) is 4.53. The molecule has 1 atom stereocenters. The summed E-state index contributed by atoms with van der Waals surface area (Å²) in [6.45, 7) is 4.49. The molecule has 1 saturated heterocycles. The van der Waals surface area contributed by atoms with Crippen molar-refractivity contribution in [3.63, 3.8) is 0 Å². The van der Waals surface area contributed by atoms with Crippen LogP contribution in [0.1, 0.15) is 51.9 Å². The van der Waals surface area contributed by atoms with Gasteiger partial charge in [0.05, 0.1) is 0 Å². The maximum Gasteiger partial charge on any atom is 0.222 e. The van der Waals surface area contributed by atoms with Gasteiger partial charge in [0.25, 0.3) is 0 Å². The van der Waals surface area contributed by atoms with Gasteiger partial charge in [0.15, 0.2) is 5.96 Å². The van der Waals surface area contributed by atoms with E-state index in [1.54, 1.807) is 12.6 Å². The van der Waals surface area contributed by atoms with Crippen LogP contribution in [0, 0.1) is 0 Å². The number of rotatable bonds is 5. The van der Waals surface area contributed by atoms with Crippen LogP contribution in [-0.4, -0.2) is 49.5 Å². The monoisotopic (exact) mass is 306 g/mol. The van der Waals surface area contributed by atoms with E-state index in [2.05, 4.69) is 21.7 Å². The number of allylic oxidation sites excluding steroid dienone is 1. The van der Waals surface area contributed by atoms with Gasteiger partial charge < -0.3 is 15.5 Å². The predicted octanol–water partition coefficient (Wildman–Crippen LogP) is 2.05. The molecule has 1 amide bonds. The summed E-state index contributed by atoms with van der Waals surface area (Å²) in [5.74, 6) is 1.10. The van der Waals surface area contributed by atoms with Gasteiger partial charge in [-0.25, -0.2) is 0 Å². The van der Waals surface area contributed by atoms with E-state index in [1.807, 2.05) is 11.8 Å². The molecule has 0 bridgehead atoms. The van der Waals surface area contributed by atoms with Crippen molar-refractivity contribution in [3.8, 4) is 0 Å². The Labute approximate surface area is 134 Å². The Morgan fingerprint density at radius 1 is 1.45 bits per heavy atom. The molecular weight excluding hydrogens is 276 g/mol. The third kappa shape index (κ3) is 5.04. The third-order valence-corrected chi connectivity index (χ3v) is 4.53. The average Bonchev–Trinajstić information content (AvgIpc) is 3.02. The van der Waals surface area contributed by atoms with Crippen LogP contribution in [0.5, 0.6) is 0 Å². The number of likely N-dealkylation sites (tertiary alicyclic amines) is 1. The van der Waals surface area contributed by atoms with E-state index in [0.717, 1.165) is 38.4 Å². The fourth-order valence-electron chi connectivity index (χ4n) is 3.19. The molecule has 0 spiro atoms. The summed E-state index contributed by atoms with van der Waals surface area (Å²) in [5, 5.41) is 6.83. The van der Waals surface area contributed by atoms with Gasteiger partial charge in [0.2, 0.25) is 5.91 Å². The van der Waals surface area contributed by atoms with Gasteiger partial charge >= 0.3 is 0 Å². The number of hydrogen-bond donors (Lipinski definition) is 2. The standard InChI is InChI=1S/C17H30N4O/c1-3-16(22)21-12-10-15(13-21)20-17(18-2)19-11-9-14-7-5-4-6-8-14/h7,15H,3-6,8-13H2,1-2H3,(H2,18,19,20). The minimum absolute atomic E-state index is 0.247. The van der Waals surface area contributed by atoms with E-state index in [9.17, 15) is 4.79 Å². The first-order valence-corrected chi connectivity index (χ1v) is 8.65. The molecule has 0 aromatic carbocycles. The van der Waals surface area contributed by atoms with Gasteiger partial charge in [-0.05, 0) is 38.5 Å². The molecule has 1 heterocycles. The first-order valence-electron chi connectivity index (χ1n) is 8.65. The van der Waals surface area contributed by atoms with Crippen molar-refractivity contribution in [3.05, 3.63) is 11.6 Å². The van der Waals surface area contributed by atoms with Crippen molar-refractivity contribution in [1.29, 1.82) is 0 Å². The minimum Gasteiger partial charge on any atom is -0.356 e. The summed E-state index contributed by atoms with van der Waals surface area (Å²) in [4.78, 5) is 17.9. The highest BCUT2D eigenvalue weighted by Gasteiger charge is 2.25. The summed E-state index contributed by atoms with van der Waals surface area (Å²) < 4.78 is 0. The summed E-state index contributed by atoms with van der Waals surface area (Å²) in [5.41, 5.74) is 1.58. The second-order valence-electron chi connectivity index (χ2n) is 6.18. The lowest BCUT2D eigenvalue weighted by atomic mass is 9.97. The van der Waals surface area contributed by atoms with Crippen LogP contribution in [0.15, 0.2) is 16.6 Å². The molecule has 0 aromatic rings. The maximum atomic E-state index is 11.7. The van der Waals surface area contributed by atoms with Crippen LogP contribution >= 0.6 is 0 Å². The molecule has 0 aromatic heterocycles. The predicted molar refractivity (Wildman–Crippen MR) is 90.9 cm³/mol. The Hall–Kier alpha value is -1.52. The van der Waals surface area contributed by atoms with Crippen molar-refractivity contribution in [2.75, 3.05) is 26.7 Å². The average molecular weight is 306 g/mol. The molecule has 1 aliphatic heterocycles. The van der Waals surface area contributed by atoms with E-state index in [1.165, 1.54) is 25.7 Å². The van der Waals surface area contributed by atoms with Gasteiger partial charge in [0.1, 0.15) is 0 Å². The van der Waals surface area contributed by atoms with Crippen molar-refractivity contribution >= 4 is 11.9 Å². The molecule has 0 saturated carbocycles. The van der Waals surface area contributed by atoms with Crippen LogP contribution in [0.3, 0.4) is 0 Å². The molecule has 1 fully saturated rings. The molecule has 0 radical (unpaired) electrons. The van der Waals surface area contributed by atoms with E-state index in [4.69, 9.17) is 0 Å². The smallest absolute Gasteiger partial charge is 0.222 e. The normalized spacial score (nSPS) is 22.5. The second kappa shape index (κ2) is 8.81. The lowest BCUT2D eigenvalue weighted by molar-refractivity contribution is -0.129.